The Morgan fingerprint density at radius 3 is 1.65 bits per heavy atom. The fourth-order valence-electron chi connectivity index (χ4n) is 10.7. The van der Waals surface area contributed by atoms with Crippen molar-refractivity contribution >= 4 is 22.7 Å². The van der Waals surface area contributed by atoms with E-state index in [1.807, 2.05) is 0 Å². The van der Waals surface area contributed by atoms with Crippen molar-refractivity contribution < 1.29 is 0 Å². The maximum absolute atomic E-state index is 4.03. The second kappa shape index (κ2) is 15.3. The average molecular weight is 807 g/mol. The van der Waals surface area contributed by atoms with Gasteiger partial charge in [-0.3, -0.25) is 0 Å². The standard InChI is InChI=1S/C61H46N2/c1-6-16-42(17-7-1)47-26-32-52(33-27-47)63-59-36-30-50(45-22-12-4-13-23-45)40-55(59)61(56-41-51(31-37-60(56)63)46-24-14-5-15-25-46)53-38-48(43-18-8-2-9-19-43)28-34-57(53)62-58-35-29-49(39-54(58)61)44-20-10-3-11-21-44/h1-24,26-38,40-41,46,49,62H,25,39H2. The Balaban J connectivity index is 1.19. The van der Waals surface area contributed by atoms with Crippen molar-refractivity contribution in [1.29, 1.82) is 0 Å². The van der Waals surface area contributed by atoms with Crippen LogP contribution < -0.4 is 10.2 Å². The summed E-state index contributed by atoms with van der Waals surface area (Å²) in [6.45, 7) is 0. The molecule has 0 fully saturated rings. The van der Waals surface area contributed by atoms with E-state index in [1.54, 1.807) is 0 Å². The fraction of sp³-hybridized carbons (Fsp3) is 0.0820. The maximum atomic E-state index is 4.03. The molecule has 300 valence electrons. The van der Waals surface area contributed by atoms with Crippen LogP contribution in [0.5, 0.6) is 0 Å². The van der Waals surface area contributed by atoms with Crippen molar-refractivity contribution in [2.24, 2.45) is 0 Å². The molecule has 2 aliphatic carbocycles. The minimum absolute atomic E-state index is 0.213. The highest BCUT2D eigenvalue weighted by Crippen LogP contribution is 2.64. The number of hydrogen-bond acceptors (Lipinski definition) is 2. The van der Waals surface area contributed by atoms with Crippen LogP contribution in [-0.4, -0.2) is 0 Å². The highest BCUT2D eigenvalue weighted by atomic mass is 15.2. The zero-order chi connectivity index (χ0) is 41.7. The molecular weight excluding hydrogens is 761 g/mol. The van der Waals surface area contributed by atoms with Gasteiger partial charge in [-0.1, -0.05) is 188 Å². The molecule has 2 heterocycles. The Morgan fingerprint density at radius 1 is 0.444 bits per heavy atom. The van der Waals surface area contributed by atoms with Crippen LogP contribution >= 0.6 is 0 Å². The van der Waals surface area contributed by atoms with Gasteiger partial charge in [-0.25, -0.2) is 0 Å². The summed E-state index contributed by atoms with van der Waals surface area (Å²) in [5, 5.41) is 4.03. The van der Waals surface area contributed by atoms with E-state index in [0.717, 1.165) is 24.2 Å². The largest absolute Gasteiger partial charge is 0.355 e. The molecule has 0 saturated carbocycles. The van der Waals surface area contributed by atoms with Gasteiger partial charge in [0.25, 0.3) is 0 Å². The van der Waals surface area contributed by atoms with Crippen molar-refractivity contribution in [2.45, 2.75) is 30.1 Å². The van der Waals surface area contributed by atoms with Crippen LogP contribution in [0.2, 0.25) is 0 Å². The third kappa shape index (κ3) is 6.24. The van der Waals surface area contributed by atoms with E-state index >= 15 is 0 Å². The zero-order valence-electron chi connectivity index (χ0n) is 35.0. The Bertz CT molecular complexity index is 3120. The number of allylic oxidation sites excluding steroid dienone is 7. The Labute approximate surface area is 370 Å². The van der Waals surface area contributed by atoms with Gasteiger partial charge in [0.05, 0.1) is 16.8 Å². The lowest BCUT2D eigenvalue weighted by Gasteiger charge is -2.51. The summed E-state index contributed by atoms with van der Waals surface area (Å²) in [7, 11) is 0. The number of rotatable bonds is 6. The fourth-order valence-corrected chi connectivity index (χ4v) is 10.7. The van der Waals surface area contributed by atoms with Crippen molar-refractivity contribution in [1.82, 2.24) is 0 Å². The molecular formula is C61H46N2. The number of fused-ring (bicyclic) bond motifs is 7. The van der Waals surface area contributed by atoms with Gasteiger partial charge >= 0.3 is 0 Å². The molecule has 1 spiro atoms. The van der Waals surface area contributed by atoms with E-state index in [2.05, 4.69) is 247 Å². The second-order valence-corrected chi connectivity index (χ2v) is 17.3. The first-order valence-electron chi connectivity index (χ1n) is 22.3. The van der Waals surface area contributed by atoms with E-state index in [9.17, 15) is 0 Å². The topological polar surface area (TPSA) is 15.3 Å². The van der Waals surface area contributed by atoms with Crippen molar-refractivity contribution in [3.8, 4) is 33.4 Å². The third-order valence-corrected chi connectivity index (χ3v) is 13.8. The quantitative estimate of drug-likeness (QED) is 0.180. The van der Waals surface area contributed by atoms with Gasteiger partial charge in [0.2, 0.25) is 0 Å². The maximum Gasteiger partial charge on any atom is 0.0746 e. The van der Waals surface area contributed by atoms with Crippen LogP contribution in [0.3, 0.4) is 0 Å². The molecule has 2 nitrogen and oxygen atoms in total. The minimum atomic E-state index is -0.654. The van der Waals surface area contributed by atoms with Crippen molar-refractivity contribution in [3.63, 3.8) is 0 Å². The van der Waals surface area contributed by atoms with Gasteiger partial charge in [-0.05, 0) is 128 Å². The lowest BCUT2D eigenvalue weighted by Crippen LogP contribution is -2.43. The second-order valence-electron chi connectivity index (χ2n) is 17.3. The summed E-state index contributed by atoms with van der Waals surface area (Å²) in [6.07, 6.45) is 15.7. The third-order valence-electron chi connectivity index (χ3n) is 13.8. The molecule has 0 saturated heterocycles. The summed E-state index contributed by atoms with van der Waals surface area (Å²) in [4.78, 5) is 2.54. The summed E-state index contributed by atoms with van der Waals surface area (Å²) >= 11 is 0. The number of nitrogens with one attached hydrogen (secondary N) is 1. The Morgan fingerprint density at radius 2 is 1.00 bits per heavy atom. The van der Waals surface area contributed by atoms with Crippen molar-refractivity contribution in [2.75, 3.05) is 10.2 Å². The molecule has 0 aromatic heterocycles. The molecule has 8 aromatic carbocycles. The molecule has 2 aliphatic heterocycles. The SMILES string of the molecule is C1=CCC(c2ccc3c(c2)C2(C4=C(C=CC(c5ccccc5)C4)Nc4ccc(-c5ccccc5)cc42)c2cc(-c4ccccc4)ccc2N3c2ccc(-c3ccccc3)cc2)C=C1. The minimum Gasteiger partial charge on any atom is -0.355 e. The lowest BCUT2D eigenvalue weighted by molar-refractivity contribution is 0.625. The Kier molecular flexibility index (Phi) is 9.04. The smallest absolute Gasteiger partial charge is 0.0746 e. The van der Waals surface area contributed by atoms with Crippen LogP contribution in [0, 0.1) is 0 Å². The van der Waals surface area contributed by atoms with E-state index in [0.29, 0.717) is 0 Å². The molecule has 63 heavy (non-hydrogen) atoms. The van der Waals surface area contributed by atoms with Gasteiger partial charge in [-0.15, -0.1) is 0 Å². The van der Waals surface area contributed by atoms with Gasteiger partial charge in [0.1, 0.15) is 0 Å². The molecule has 2 heteroatoms. The first-order chi connectivity index (χ1) is 31.2. The molecule has 0 bridgehead atoms. The van der Waals surface area contributed by atoms with Gasteiger partial charge in [-0.2, -0.15) is 0 Å². The number of nitrogens with zero attached hydrogens (tertiary/aromatic N) is 1. The molecule has 4 aliphatic rings. The first-order valence-corrected chi connectivity index (χ1v) is 22.3. The molecule has 3 atom stereocenters. The van der Waals surface area contributed by atoms with Crippen molar-refractivity contribution in [3.05, 3.63) is 276 Å². The van der Waals surface area contributed by atoms with E-state index in [1.165, 1.54) is 83.8 Å². The monoisotopic (exact) mass is 806 g/mol. The molecule has 0 amide bonds. The van der Waals surface area contributed by atoms with Crippen LogP contribution in [0.4, 0.5) is 22.7 Å². The summed E-state index contributed by atoms with van der Waals surface area (Å²) < 4.78 is 0. The molecule has 3 unspecified atom stereocenters. The van der Waals surface area contributed by atoms with E-state index in [4.69, 9.17) is 0 Å². The number of benzene rings is 8. The predicted octanol–water partition coefficient (Wildman–Crippen LogP) is 15.8. The zero-order valence-corrected chi connectivity index (χ0v) is 35.0. The summed E-state index contributed by atoms with van der Waals surface area (Å²) in [5.41, 5.74) is 20.4. The predicted molar refractivity (Wildman–Crippen MR) is 263 cm³/mol. The van der Waals surface area contributed by atoms with E-state index < -0.39 is 5.41 Å². The number of hydrogen-bond donors (Lipinski definition) is 1. The normalized spacial score (nSPS) is 19.2. The molecule has 12 rings (SSSR count). The van der Waals surface area contributed by atoms with Gasteiger partial charge < -0.3 is 10.2 Å². The van der Waals surface area contributed by atoms with Crippen LogP contribution in [0.1, 0.15) is 52.5 Å². The van der Waals surface area contributed by atoms with Crippen LogP contribution in [0.15, 0.2) is 248 Å². The Hall–Kier alpha value is -7.68. The average Bonchev–Trinajstić information content (AvgIpc) is 3.37. The van der Waals surface area contributed by atoms with Crippen LogP contribution in [-0.2, 0) is 5.41 Å². The molecule has 8 aromatic rings. The highest BCUT2D eigenvalue weighted by molar-refractivity contribution is 5.94. The number of anilines is 4. The molecule has 0 radical (unpaired) electrons. The summed E-state index contributed by atoms with van der Waals surface area (Å²) in [5.74, 6) is 0.492. The first kappa shape index (κ1) is 37.1. The van der Waals surface area contributed by atoms with Gasteiger partial charge in [0.15, 0.2) is 0 Å². The highest BCUT2D eigenvalue weighted by Gasteiger charge is 2.52. The van der Waals surface area contributed by atoms with Crippen LogP contribution in [0.25, 0.3) is 33.4 Å². The molecule has 1 N–H and O–H groups in total. The lowest BCUT2D eigenvalue weighted by atomic mass is 9.57. The summed E-state index contributed by atoms with van der Waals surface area (Å²) in [6, 6.07) is 74.5. The van der Waals surface area contributed by atoms with Gasteiger partial charge in [0, 0.05) is 28.9 Å². The van der Waals surface area contributed by atoms with E-state index in [-0.39, 0.29) is 11.8 Å².